The molecule has 3 rings (SSSR count). The molecular weight excluding hydrogens is 318 g/mol. The lowest BCUT2D eigenvalue weighted by Crippen LogP contribution is -2.41. The fourth-order valence-corrected chi connectivity index (χ4v) is 3.30. The highest BCUT2D eigenvalue weighted by Crippen LogP contribution is 2.32. The number of ether oxygens (including phenoxy) is 1. The quantitative estimate of drug-likeness (QED) is 0.754. The van der Waals surface area contributed by atoms with Gasteiger partial charge in [0.15, 0.2) is 6.10 Å². The molecule has 5 heteroatoms. The van der Waals surface area contributed by atoms with Crippen molar-refractivity contribution in [3.63, 3.8) is 0 Å². The van der Waals surface area contributed by atoms with Gasteiger partial charge in [0.2, 0.25) is 0 Å². The first-order chi connectivity index (χ1) is 11.9. The molecule has 0 radical (unpaired) electrons. The molecule has 5 nitrogen and oxygen atoms in total. The molecule has 1 saturated carbocycles. The van der Waals surface area contributed by atoms with Crippen molar-refractivity contribution in [2.24, 2.45) is 0 Å². The first kappa shape index (κ1) is 17.5. The number of benzene rings is 1. The molecule has 1 aliphatic carbocycles. The molecule has 1 fully saturated rings. The van der Waals surface area contributed by atoms with E-state index in [9.17, 15) is 9.59 Å². The summed E-state index contributed by atoms with van der Waals surface area (Å²) in [5.74, 6) is 0.610. The Hall–Kier alpha value is -2.30. The van der Waals surface area contributed by atoms with Crippen molar-refractivity contribution in [1.29, 1.82) is 0 Å². The van der Waals surface area contributed by atoms with Crippen LogP contribution in [0.15, 0.2) is 27.4 Å². The number of hydrogen-bond donors (Lipinski definition) is 0. The molecule has 1 aromatic carbocycles. The largest absolute Gasteiger partial charge is 0.480 e. The maximum absolute atomic E-state index is 12.7. The van der Waals surface area contributed by atoms with E-state index in [0.29, 0.717) is 30.3 Å². The molecule has 0 saturated heterocycles. The van der Waals surface area contributed by atoms with Crippen LogP contribution in [0.4, 0.5) is 0 Å². The van der Waals surface area contributed by atoms with E-state index in [0.717, 1.165) is 29.4 Å². The minimum Gasteiger partial charge on any atom is -0.480 e. The first-order valence-corrected chi connectivity index (χ1v) is 8.99. The molecule has 25 heavy (non-hydrogen) atoms. The van der Waals surface area contributed by atoms with Crippen molar-refractivity contribution in [3.8, 4) is 5.75 Å². The van der Waals surface area contributed by atoms with Crippen LogP contribution in [0.2, 0.25) is 0 Å². The van der Waals surface area contributed by atoms with Gasteiger partial charge in [-0.2, -0.15) is 0 Å². The van der Waals surface area contributed by atoms with E-state index in [1.165, 1.54) is 6.07 Å². The average molecular weight is 343 g/mol. The molecule has 134 valence electrons. The van der Waals surface area contributed by atoms with Gasteiger partial charge in [0, 0.05) is 18.7 Å². The second kappa shape index (κ2) is 6.90. The second-order valence-electron chi connectivity index (χ2n) is 6.70. The molecular formula is C20H25NO4. The molecule has 1 amide bonds. The Balaban J connectivity index is 1.97. The Morgan fingerprint density at radius 2 is 2.04 bits per heavy atom. The Kier molecular flexibility index (Phi) is 4.84. The van der Waals surface area contributed by atoms with E-state index in [4.69, 9.17) is 9.15 Å². The highest BCUT2D eigenvalue weighted by Gasteiger charge is 2.34. The molecule has 2 aromatic rings. The summed E-state index contributed by atoms with van der Waals surface area (Å²) in [6.07, 6.45) is 2.25. The van der Waals surface area contributed by atoms with Gasteiger partial charge in [-0.3, -0.25) is 4.79 Å². The van der Waals surface area contributed by atoms with Gasteiger partial charge in [-0.25, -0.2) is 4.79 Å². The number of carbonyl (C=O) groups is 1. The molecule has 1 aliphatic rings. The fourth-order valence-electron chi connectivity index (χ4n) is 3.30. The zero-order valence-electron chi connectivity index (χ0n) is 15.3. The Morgan fingerprint density at radius 3 is 2.64 bits per heavy atom. The fraction of sp³-hybridized carbons (Fsp3) is 0.500. The summed E-state index contributed by atoms with van der Waals surface area (Å²) >= 11 is 0. The summed E-state index contributed by atoms with van der Waals surface area (Å²) in [7, 11) is 0. The number of nitrogens with zero attached hydrogens (tertiary/aromatic N) is 1. The molecule has 0 spiro atoms. The van der Waals surface area contributed by atoms with Gasteiger partial charge in [0.1, 0.15) is 11.3 Å². The molecule has 1 unspecified atom stereocenters. The monoisotopic (exact) mass is 343 g/mol. The van der Waals surface area contributed by atoms with Gasteiger partial charge < -0.3 is 14.1 Å². The van der Waals surface area contributed by atoms with Gasteiger partial charge in [0.05, 0.1) is 5.39 Å². The van der Waals surface area contributed by atoms with Crippen LogP contribution in [0.1, 0.15) is 44.7 Å². The molecule has 1 aromatic heterocycles. The number of likely N-dealkylation sites (N-methyl/N-ethyl adjacent to an activating group) is 1. The maximum Gasteiger partial charge on any atom is 0.336 e. The first-order valence-electron chi connectivity index (χ1n) is 8.99. The summed E-state index contributed by atoms with van der Waals surface area (Å²) < 4.78 is 11.4. The Morgan fingerprint density at radius 1 is 1.32 bits per heavy atom. The lowest BCUT2D eigenvalue weighted by molar-refractivity contribution is -0.138. The third-order valence-corrected chi connectivity index (χ3v) is 4.68. The normalized spacial score (nSPS) is 15.2. The number of carbonyl (C=O) groups excluding carboxylic acids is 1. The van der Waals surface area contributed by atoms with Crippen molar-refractivity contribution < 1.29 is 13.9 Å². The van der Waals surface area contributed by atoms with Crippen LogP contribution in [0, 0.1) is 6.92 Å². The highest BCUT2D eigenvalue weighted by molar-refractivity contribution is 5.88. The third kappa shape index (κ3) is 3.55. The van der Waals surface area contributed by atoms with Crippen LogP contribution in [0.3, 0.4) is 0 Å². The van der Waals surface area contributed by atoms with Crippen LogP contribution in [0.5, 0.6) is 5.75 Å². The third-order valence-electron chi connectivity index (χ3n) is 4.68. The van der Waals surface area contributed by atoms with Crippen LogP contribution in [0.25, 0.3) is 11.0 Å². The summed E-state index contributed by atoms with van der Waals surface area (Å²) in [5, 5.41) is 0.779. The smallest absolute Gasteiger partial charge is 0.336 e. The zero-order chi connectivity index (χ0) is 18.1. The summed E-state index contributed by atoms with van der Waals surface area (Å²) in [6.45, 7) is 8.38. The minimum absolute atomic E-state index is 0.00934. The number of aryl methyl sites for hydroxylation is 2. The maximum atomic E-state index is 12.7. The van der Waals surface area contributed by atoms with E-state index >= 15 is 0 Å². The summed E-state index contributed by atoms with van der Waals surface area (Å²) in [5.41, 5.74) is 1.94. The highest BCUT2D eigenvalue weighted by atomic mass is 16.5. The number of hydrogen-bond acceptors (Lipinski definition) is 4. The lowest BCUT2D eigenvalue weighted by atomic mass is 10.0. The topological polar surface area (TPSA) is 59.8 Å². The second-order valence-corrected chi connectivity index (χ2v) is 6.70. The number of amides is 1. The molecule has 0 bridgehead atoms. The van der Waals surface area contributed by atoms with Crippen molar-refractivity contribution in [2.75, 3.05) is 6.54 Å². The lowest BCUT2D eigenvalue weighted by Gasteiger charge is -2.25. The summed E-state index contributed by atoms with van der Waals surface area (Å²) in [6, 6.07) is 5.60. The Labute approximate surface area is 147 Å². The van der Waals surface area contributed by atoms with Gasteiger partial charge in [0.25, 0.3) is 5.91 Å². The van der Waals surface area contributed by atoms with Crippen molar-refractivity contribution >= 4 is 16.9 Å². The minimum atomic E-state index is -0.581. The van der Waals surface area contributed by atoms with Crippen molar-refractivity contribution in [3.05, 3.63) is 39.7 Å². The van der Waals surface area contributed by atoms with Crippen LogP contribution < -0.4 is 10.4 Å². The van der Waals surface area contributed by atoms with E-state index in [2.05, 4.69) is 0 Å². The van der Waals surface area contributed by atoms with Crippen LogP contribution in [-0.2, 0) is 11.2 Å². The van der Waals surface area contributed by atoms with Gasteiger partial charge in [-0.05, 0) is 63.3 Å². The van der Waals surface area contributed by atoms with E-state index < -0.39 is 6.10 Å². The van der Waals surface area contributed by atoms with Gasteiger partial charge in [-0.15, -0.1) is 0 Å². The van der Waals surface area contributed by atoms with E-state index in [-0.39, 0.29) is 11.5 Å². The average Bonchev–Trinajstić information content (AvgIpc) is 3.38. The standard InChI is InChI=1S/C20H25NO4/c1-5-14-11-18(22)25-17-10-12(3)9-16(19(14)17)24-13(4)20(23)21(6-2)15-7-8-15/h9-11,13,15H,5-8H2,1-4H3. The molecule has 1 heterocycles. The van der Waals surface area contributed by atoms with E-state index in [1.54, 1.807) is 6.92 Å². The van der Waals surface area contributed by atoms with Crippen molar-refractivity contribution in [1.82, 2.24) is 4.90 Å². The van der Waals surface area contributed by atoms with Crippen LogP contribution in [-0.4, -0.2) is 29.5 Å². The van der Waals surface area contributed by atoms with E-state index in [1.807, 2.05) is 37.8 Å². The zero-order valence-corrected chi connectivity index (χ0v) is 15.3. The van der Waals surface area contributed by atoms with Crippen molar-refractivity contribution in [2.45, 2.75) is 59.1 Å². The number of rotatable bonds is 6. The summed E-state index contributed by atoms with van der Waals surface area (Å²) in [4.78, 5) is 26.4. The number of fused-ring (bicyclic) bond motifs is 1. The predicted octanol–water partition coefficient (Wildman–Crippen LogP) is 3.44. The predicted molar refractivity (Wildman–Crippen MR) is 97.1 cm³/mol. The Bertz CT molecular complexity index is 851. The molecule has 0 N–H and O–H groups in total. The van der Waals surface area contributed by atoms with Crippen LogP contribution >= 0.6 is 0 Å². The SMILES string of the molecule is CCc1cc(=O)oc2cc(C)cc(OC(C)C(=O)N(CC)C3CC3)c12. The molecule has 1 atom stereocenters. The van der Waals surface area contributed by atoms with Gasteiger partial charge >= 0.3 is 5.63 Å². The van der Waals surface area contributed by atoms with Gasteiger partial charge in [-0.1, -0.05) is 6.92 Å². The molecule has 0 aliphatic heterocycles.